The van der Waals surface area contributed by atoms with E-state index in [-0.39, 0.29) is 11.8 Å². The Morgan fingerprint density at radius 3 is 2.70 bits per heavy atom. The predicted molar refractivity (Wildman–Crippen MR) is 77.1 cm³/mol. The molecule has 0 saturated heterocycles. The average Bonchev–Trinajstić information content (AvgIpc) is 2.37. The number of hydrogen-bond donors (Lipinski definition) is 2. The van der Waals surface area contributed by atoms with Gasteiger partial charge in [-0.2, -0.15) is 0 Å². The Balaban J connectivity index is 2.25. The number of carbonyl (C=O) groups is 1. The summed E-state index contributed by atoms with van der Waals surface area (Å²) < 4.78 is 13.1. The minimum atomic E-state index is -0.403. The monoisotopic (exact) mass is 273 g/mol. The minimum Gasteiger partial charge on any atom is -0.384 e. The molecule has 4 nitrogen and oxygen atoms in total. The van der Waals surface area contributed by atoms with Gasteiger partial charge in [-0.3, -0.25) is 4.79 Å². The van der Waals surface area contributed by atoms with Gasteiger partial charge in [-0.05, 0) is 36.2 Å². The van der Waals surface area contributed by atoms with Crippen LogP contribution in [-0.2, 0) is 0 Å². The van der Waals surface area contributed by atoms with Crippen molar-refractivity contribution < 1.29 is 9.18 Å². The second-order valence-electron chi connectivity index (χ2n) is 4.82. The lowest BCUT2D eigenvalue weighted by Gasteiger charge is -2.10. The Morgan fingerprint density at radius 2 is 2.05 bits per heavy atom. The highest BCUT2D eigenvalue weighted by molar-refractivity contribution is 6.04. The van der Waals surface area contributed by atoms with Crippen LogP contribution in [0, 0.1) is 5.82 Å². The number of amides is 1. The summed E-state index contributed by atoms with van der Waals surface area (Å²) in [5.74, 6) is -0.286. The lowest BCUT2D eigenvalue weighted by atomic mass is 10.1. The lowest BCUT2D eigenvalue weighted by molar-refractivity contribution is 0.102. The second kappa shape index (κ2) is 5.69. The van der Waals surface area contributed by atoms with E-state index in [4.69, 9.17) is 5.73 Å². The molecule has 0 spiro atoms. The van der Waals surface area contributed by atoms with Gasteiger partial charge < -0.3 is 11.1 Å². The van der Waals surface area contributed by atoms with E-state index in [0.29, 0.717) is 17.1 Å². The molecule has 0 aliphatic rings. The third-order valence-corrected chi connectivity index (χ3v) is 2.80. The normalized spacial score (nSPS) is 10.6. The van der Waals surface area contributed by atoms with E-state index in [1.807, 2.05) is 13.8 Å². The van der Waals surface area contributed by atoms with Crippen molar-refractivity contribution >= 4 is 17.4 Å². The van der Waals surface area contributed by atoms with Crippen LogP contribution in [0.5, 0.6) is 0 Å². The van der Waals surface area contributed by atoms with Crippen LogP contribution < -0.4 is 11.1 Å². The van der Waals surface area contributed by atoms with Gasteiger partial charge in [-0.1, -0.05) is 19.9 Å². The van der Waals surface area contributed by atoms with Crippen molar-refractivity contribution in [2.45, 2.75) is 19.8 Å². The number of aromatic nitrogens is 1. The van der Waals surface area contributed by atoms with E-state index < -0.39 is 5.82 Å². The highest BCUT2D eigenvalue weighted by Crippen LogP contribution is 2.17. The molecule has 0 unspecified atom stereocenters. The molecular weight excluding hydrogens is 257 g/mol. The summed E-state index contributed by atoms with van der Waals surface area (Å²) in [4.78, 5) is 16.3. The molecule has 2 aromatic rings. The molecule has 1 aromatic heterocycles. The van der Waals surface area contributed by atoms with Crippen LogP contribution in [0.1, 0.15) is 35.8 Å². The molecule has 104 valence electrons. The van der Waals surface area contributed by atoms with Crippen molar-refractivity contribution in [2.75, 3.05) is 11.1 Å². The zero-order chi connectivity index (χ0) is 14.7. The Bertz CT molecular complexity index is 641. The fourth-order valence-corrected chi connectivity index (χ4v) is 1.77. The Morgan fingerprint density at radius 1 is 1.30 bits per heavy atom. The van der Waals surface area contributed by atoms with Crippen molar-refractivity contribution in [3.05, 3.63) is 53.5 Å². The predicted octanol–water partition coefficient (Wildman–Crippen LogP) is 3.18. The van der Waals surface area contributed by atoms with Crippen LogP contribution in [-0.4, -0.2) is 10.9 Å². The molecule has 0 aliphatic heterocycles. The summed E-state index contributed by atoms with van der Waals surface area (Å²) in [7, 11) is 0. The molecule has 0 atom stereocenters. The average molecular weight is 273 g/mol. The van der Waals surface area contributed by atoms with Crippen molar-refractivity contribution in [1.82, 2.24) is 4.98 Å². The molecule has 1 aromatic carbocycles. The van der Waals surface area contributed by atoms with Gasteiger partial charge in [0, 0.05) is 16.9 Å². The van der Waals surface area contributed by atoms with E-state index in [0.717, 1.165) is 5.69 Å². The van der Waals surface area contributed by atoms with Gasteiger partial charge >= 0.3 is 0 Å². The standard InChI is InChI=1S/C15H16FN3O/c1-9(2)13-6-10(7-14(17)19-13)15(20)18-12-5-3-4-11(16)8-12/h3-9H,1-2H3,(H2,17,19)(H,18,20). The van der Waals surface area contributed by atoms with Gasteiger partial charge in [0.05, 0.1) is 0 Å². The van der Waals surface area contributed by atoms with Gasteiger partial charge in [0.25, 0.3) is 5.91 Å². The SMILES string of the molecule is CC(C)c1cc(C(=O)Nc2cccc(F)c2)cc(N)n1. The maximum Gasteiger partial charge on any atom is 0.255 e. The highest BCUT2D eigenvalue weighted by Gasteiger charge is 2.11. The van der Waals surface area contributed by atoms with Crippen molar-refractivity contribution in [3.63, 3.8) is 0 Å². The van der Waals surface area contributed by atoms with Crippen LogP contribution >= 0.6 is 0 Å². The fourth-order valence-electron chi connectivity index (χ4n) is 1.77. The van der Waals surface area contributed by atoms with Gasteiger partial charge in [0.1, 0.15) is 11.6 Å². The molecule has 3 N–H and O–H groups in total. The first kappa shape index (κ1) is 14.0. The fraction of sp³-hybridized carbons (Fsp3) is 0.200. The van der Waals surface area contributed by atoms with Crippen molar-refractivity contribution in [2.24, 2.45) is 0 Å². The highest BCUT2D eigenvalue weighted by atomic mass is 19.1. The molecule has 0 bridgehead atoms. The molecule has 2 rings (SSSR count). The zero-order valence-corrected chi connectivity index (χ0v) is 11.4. The number of nitrogens with zero attached hydrogens (tertiary/aromatic N) is 1. The van der Waals surface area contributed by atoms with Crippen LogP contribution in [0.15, 0.2) is 36.4 Å². The number of anilines is 2. The first-order valence-corrected chi connectivity index (χ1v) is 6.30. The van der Waals surface area contributed by atoms with Gasteiger partial charge in [-0.25, -0.2) is 9.37 Å². The quantitative estimate of drug-likeness (QED) is 0.902. The summed E-state index contributed by atoms with van der Waals surface area (Å²) >= 11 is 0. The summed E-state index contributed by atoms with van der Waals surface area (Å²) in [5.41, 5.74) is 7.25. The molecule has 0 saturated carbocycles. The Hall–Kier alpha value is -2.43. The maximum absolute atomic E-state index is 13.1. The number of rotatable bonds is 3. The Labute approximate surface area is 116 Å². The van der Waals surface area contributed by atoms with Gasteiger partial charge in [-0.15, -0.1) is 0 Å². The zero-order valence-electron chi connectivity index (χ0n) is 11.4. The first-order chi connectivity index (χ1) is 9.45. The molecule has 1 amide bonds. The van der Waals surface area contributed by atoms with E-state index in [9.17, 15) is 9.18 Å². The van der Waals surface area contributed by atoms with Gasteiger partial charge in [0.2, 0.25) is 0 Å². The molecule has 5 heteroatoms. The van der Waals surface area contributed by atoms with E-state index >= 15 is 0 Å². The Kier molecular flexibility index (Phi) is 3.98. The molecular formula is C15H16FN3O. The number of halogens is 1. The lowest BCUT2D eigenvalue weighted by Crippen LogP contribution is -2.14. The summed E-state index contributed by atoms with van der Waals surface area (Å²) in [6.45, 7) is 3.94. The van der Waals surface area contributed by atoms with E-state index in [1.165, 1.54) is 24.3 Å². The molecule has 0 aliphatic carbocycles. The molecule has 20 heavy (non-hydrogen) atoms. The van der Waals surface area contributed by atoms with Crippen LogP contribution in [0.3, 0.4) is 0 Å². The topological polar surface area (TPSA) is 68.0 Å². The molecule has 1 heterocycles. The third kappa shape index (κ3) is 3.32. The second-order valence-corrected chi connectivity index (χ2v) is 4.82. The van der Waals surface area contributed by atoms with Crippen LogP contribution in [0.25, 0.3) is 0 Å². The number of benzene rings is 1. The summed E-state index contributed by atoms with van der Waals surface area (Å²) in [5, 5.41) is 2.63. The summed E-state index contributed by atoms with van der Waals surface area (Å²) in [6, 6.07) is 8.92. The minimum absolute atomic E-state index is 0.166. The smallest absolute Gasteiger partial charge is 0.255 e. The summed E-state index contributed by atoms with van der Waals surface area (Å²) in [6.07, 6.45) is 0. The van der Waals surface area contributed by atoms with Crippen LogP contribution in [0.2, 0.25) is 0 Å². The van der Waals surface area contributed by atoms with E-state index in [2.05, 4.69) is 10.3 Å². The van der Waals surface area contributed by atoms with Crippen molar-refractivity contribution in [3.8, 4) is 0 Å². The number of nitrogens with one attached hydrogen (secondary N) is 1. The largest absolute Gasteiger partial charge is 0.384 e. The maximum atomic E-state index is 13.1. The molecule has 0 fully saturated rings. The number of nitrogens with two attached hydrogens (primary N) is 1. The van der Waals surface area contributed by atoms with E-state index in [1.54, 1.807) is 12.1 Å². The van der Waals surface area contributed by atoms with Gasteiger partial charge in [0.15, 0.2) is 0 Å². The number of carbonyl (C=O) groups excluding carboxylic acids is 1. The number of pyridine rings is 1. The number of hydrogen-bond acceptors (Lipinski definition) is 3. The molecule has 0 radical (unpaired) electrons. The van der Waals surface area contributed by atoms with Crippen molar-refractivity contribution in [1.29, 1.82) is 0 Å². The first-order valence-electron chi connectivity index (χ1n) is 6.30. The third-order valence-electron chi connectivity index (χ3n) is 2.80. The number of nitrogen functional groups attached to an aromatic ring is 1. The van der Waals surface area contributed by atoms with Crippen LogP contribution in [0.4, 0.5) is 15.9 Å².